The van der Waals surface area contributed by atoms with E-state index in [1.54, 1.807) is 31.4 Å². The third-order valence-corrected chi connectivity index (χ3v) is 2.40. The Morgan fingerprint density at radius 3 is 2.62 bits per heavy atom. The molecule has 0 spiro atoms. The topological polar surface area (TPSA) is 62.3 Å². The van der Waals surface area contributed by atoms with Gasteiger partial charge in [0.2, 0.25) is 0 Å². The van der Waals surface area contributed by atoms with E-state index < -0.39 is 6.09 Å². The lowest BCUT2D eigenvalue weighted by molar-refractivity contribution is 0.201. The normalized spacial score (nSPS) is 17.9. The zero-order valence-corrected chi connectivity index (χ0v) is 8.92. The van der Waals surface area contributed by atoms with Gasteiger partial charge in [-0.2, -0.15) is 0 Å². The molecule has 1 saturated heterocycles. The van der Waals surface area contributed by atoms with E-state index >= 15 is 0 Å². The fourth-order valence-corrected chi connectivity index (χ4v) is 1.43. The number of epoxide rings is 1. The van der Waals surface area contributed by atoms with Crippen molar-refractivity contribution in [3.63, 3.8) is 0 Å². The van der Waals surface area contributed by atoms with Gasteiger partial charge >= 0.3 is 6.09 Å². The highest BCUT2D eigenvalue weighted by Crippen LogP contribution is 2.22. The number of anilines is 1. The van der Waals surface area contributed by atoms with E-state index in [2.05, 4.69) is 0 Å². The number of methoxy groups -OCH3 is 1. The first-order chi connectivity index (χ1) is 7.70. The molecule has 1 amide bonds. The molecule has 0 aliphatic carbocycles. The van der Waals surface area contributed by atoms with Crippen LogP contribution in [0.1, 0.15) is 0 Å². The van der Waals surface area contributed by atoms with Gasteiger partial charge in [-0.05, 0) is 24.3 Å². The number of carboxylic acid groups (broad SMARTS) is 1. The molecule has 0 radical (unpaired) electrons. The van der Waals surface area contributed by atoms with Crippen LogP contribution in [0.25, 0.3) is 0 Å². The van der Waals surface area contributed by atoms with Crippen molar-refractivity contribution in [1.82, 2.24) is 0 Å². The molecule has 2 rings (SSSR count). The third kappa shape index (κ3) is 2.43. The van der Waals surface area contributed by atoms with Gasteiger partial charge in [0.25, 0.3) is 0 Å². The Morgan fingerprint density at radius 1 is 1.56 bits per heavy atom. The van der Waals surface area contributed by atoms with Crippen LogP contribution in [-0.4, -0.2) is 37.6 Å². The predicted octanol–water partition coefficient (Wildman–Crippen LogP) is 1.58. The van der Waals surface area contributed by atoms with E-state index in [0.29, 0.717) is 24.6 Å². The van der Waals surface area contributed by atoms with Crippen LogP contribution in [0.4, 0.5) is 10.5 Å². The van der Waals surface area contributed by atoms with Crippen LogP contribution in [0.5, 0.6) is 5.75 Å². The van der Waals surface area contributed by atoms with Crippen molar-refractivity contribution < 1.29 is 19.4 Å². The van der Waals surface area contributed by atoms with E-state index in [1.165, 1.54) is 4.90 Å². The van der Waals surface area contributed by atoms with Gasteiger partial charge < -0.3 is 14.6 Å². The summed E-state index contributed by atoms with van der Waals surface area (Å²) in [5.74, 6) is 0.705. The number of hydrogen-bond donors (Lipinski definition) is 1. The van der Waals surface area contributed by atoms with Crippen LogP contribution in [0, 0.1) is 0 Å². The molecule has 0 saturated carbocycles. The average molecular weight is 223 g/mol. The van der Waals surface area contributed by atoms with Gasteiger partial charge in [-0.3, -0.25) is 4.90 Å². The van der Waals surface area contributed by atoms with Gasteiger partial charge in [0.1, 0.15) is 5.75 Å². The molecule has 1 fully saturated rings. The van der Waals surface area contributed by atoms with Gasteiger partial charge in [-0.25, -0.2) is 4.79 Å². The molecule has 5 heteroatoms. The minimum Gasteiger partial charge on any atom is -0.497 e. The van der Waals surface area contributed by atoms with Crippen LogP contribution in [0.2, 0.25) is 0 Å². The van der Waals surface area contributed by atoms with E-state index in [9.17, 15) is 4.79 Å². The number of carbonyl (C=O) groups is 1. The van der Waals surface area contributed by atoms with Gasteiger partial charge in [0.05, 0.1) is 26.4 Å². The standard InChI is InChI=1S/C11H13NO4/c1-15-9-4-2-8(3-5-9)12(11(13)14)6-10-7-16-10/h2-5,10H,6-7H2,1H3,(H,13,14). The van der Waals surface area contributed by atoms with Gasteiger partial charge in [0, 0.05) is 5.69 Å². The molecular weight excluding hydrogens is 210 g/mol. The van der Waals surface area contributed by atoms with Crippen molar-refractivity contribution >= 4 is 11.8 Å². The third-order valence-electron chi connectivity index (χ3n) is 2.40. The monoisotopic (exact) mass is 223 g/mol. The molecule has 0 aromatic heterocycles. The second kappa shape index (κ2) is 4.40. The predicted molar refractivity (Wildman–Crippen MR) is 58.1 cm³/mol. The van der Waals surface area contributed by atoms with Crippen LogP contribution >= 0.6 is 0 Å². The van der Waals surface area contributed by atoms with Crippen LogP contribution in [0.3, 0.4) is 0 Å². The summed E-state index contributed by atoms with van der Waals surface area (Å²) in [6.07, 6.45) is -0.932. The van der Waals surface area contributed by atoms with Crippen molar-refractivity contribution in [1.29, 1.82) is 0 Å². The number of nitrogens with zero attached hydrogens (tertiary/aromatic N) is 1. The Labute approximate surface area is 93.2 Å². The highest BCUT2D eigenvalue weighted by atomic mass is 16.6. The molecule has 1 aromatic carbocycles. The lowest BCUT2D eigenvalue weighted by atomic mass is 10.2. The number of amides is 1. The molecule has 0 bridgehead atoms. The van der Waals surface area contributed by atoms with Crippen LogP contribution < -0.4 is 9.64 Å². The maximum atomic E-state index is 11.1. The lowest BCUT2D eigenvalue weighted by Crippen LogP contribution is -2.32. The second-order valence-electron chi connectivity index (χ2n) is 3.55. The van der Waals surface area contributed by atoms with E-state index in [1.807, 2.05) is 0 Å². The molecule has 1 unspecified atom stereocenters. The first kappa shape index (κ1) is 10.8. The molecule has 1 heterocycles. The van der Waals surface area contributed by atoms with Gasteiger partial charge in [-0.15, -0.1) is 0 Å². The quantitative estimate of drug-likeness (QED) is 0.787. The van der Waals surface area contributed by atoms with E-state index in [-0.39, 0.29) is 6.10 Å². The Morgan fingerprint density at radius 2 is 2.19 bits per heavy atom. The molecule has 5 nitrogen and oxygen atoms in total. The number of rotatable bonds is 4. The van der Waals surface area contributed by atoms with Gasteiger partial charge in [0.15, 0.2) is 0 Å². The minimum absolute atomic E-state index is 0.0400. The second-order valence-corrected chi connectivity index (χ2v) is 3.55. The molecular formula is C11H13NO4. The van der Waals surface area contributed by atoms with Crippen molar-refractivity contribution in [2.24, 2.45) is 0 Å². The Hall–Kier alpha value is -1.75. The summed E-state index contributed by atoms with van der Waals surface area (Å²) in [4.78, 5) is 12.3. The summed E-state index contributed by atoms with van der Waals surface area (Å²) >= 11 is 0. The number of hydrogen-bond acceptors (Lipinski definition) is 3. The zero-order valence-electron chi connectivity index (χ0n) is 8.92. The first-order valence-electron chi connectivity index (χ1n) is 4.97. The molecule has 1 atom stereocenters. The smallest absolute Gasteiger partial charge is 0.411 e. The van der Waals surface area contributed by atoms with Crippen molar-refractivity contribution in [2.45, 2.75) is 6.10 Å². The van der Waals surface area contributed by atoms with Crippen molar-refractivity contribution in [3.05, 3.63) is 24.3 Å². The average Bonchev–Trinajstić information content (AvgIpc) is 3.09. The highest BCUT2D eigenvalue weighted by molar-refractivity contribution is 5.86. The fourth-order valence-electron chi connectivity index (χ4n) is 1.43. The van der Waals surface area contributed by atoms with Crippen molar-refractivity contribution in [2.75, 3.05) is 25.2 Å². The summed E-state index contributed by atoms with van der Waals surface area (Å²) in [5.41, 5.74) is 0.629. The molecule has 1 aliphatic rings. The van der Waals surface area contributed by atoms with Crippen molar-refractivity contribution in [3.8, 4) is 5.75 Å². The zero-order chi connectivity index (χ0) is 11.5. The maximum Gasteiger partial charge on any atom is 0.411 e. The molecule has 1 N–H and O–H groups in total. The molecule has 16 heavy (non-hydrogen) atoms. The fraction of sp³-hybridized carbons (Fsp3) is 0.364. The number of benzene rings is 1. The Kier molecular flexibility index (Phi) is 2.96. The lowest BCUT2D eigenvalue weighted by Gasteiger charge is -2.18. The molecule has 1 aliphatic heterocycles. The SMILES string of the molecule is COc1ccc(N(CC2CO2)C(=O)O)cc1. The van der Waals surface area contributed by atoms with Gasteiger partial charge in [-0.1, -0.05) is 0 Å². The Balaban J connectivity index is 2.13. The summed E-state index contributed by atoms with van der Waals surface area (Å²) in [5, 5.41) is 9.07. The Bertz CT molecular complexity index is 372. The first-order valence-corrected chi connectivity index (χ1v) is 4.97. The maximum absolute atomic E-state index is 11.1. The summed E-state index contributed by atoms with van der Waals surface area (Å²) < 4.78 is 10.0. The highest BCUT2D eigenvalue weighted by Gasteiger charge is 2.28. The largest absolute Gasteiger partial charge is 0.497 e. The van der Waals surface area contributed by atoms with Crippen LogP contribution in [-0.2, 0) is 4.74 Å². The van der Waals surface area contributed by atoms with Crippen LogP contribution in [0.15, 0.2) is 24.3 Å². The summed E-state index contributed by atoms with van der Waals surface area (Å²) in [7, 11) is 1.57. The number of ether oxygens (including phenoxy) is 2. The summed E-state index contributed by atoms with van der Waals surface area (Å²) in [6.45, 7) is 1.02. The molecule has 86 valence electrons. The minimum atomic E-state index is -0.972. The summed E-state index contributed by atoms with van der Waals surface area (Å²) in [6, 6.07) is 6.91. The van der Waals surface area contributed by atoms with E-state index in [0.717, 1.165) is 0 Å². The molecule has 1 aromatic rings. The van der Waals surface area contributed by atoms with E-state index in [4.69, 9.17) is 14.6 Å².